The van der Waals surface area contributed by atoms with Gasteiger partial charge in [0.25, 0.3) is 0 Å². The average molecular weight is 253 g/mol. The molecule has 0 aromatic carbocycles. The number of alkyl halides is 1. The van der Waals surface area contributed by atoms with E-state index < -0.39 is 0 Å². The van der Waals surface area contributed by atoms with Gasteiger partial charge in [0.15, 0.2) is 0 Å². The van der Waals surface area contributed by atoms with Crippen molar-refractivity contribution >= 4 is 27.7 Å². The van der Waals surface area contributed by atoms with E-state index >= 15 is 0 Å². The summed E-state index contributed by atoms with van der Waals surface area (Å²) in [4.78, 5) is 0. The molecule has 0 N–H and O–H groups in total. The normalized spacial score (nSPS) is 19.5. The van der Waals surface area contributed by atoms with Gasteiger partial charge in [-0.3, -0.25) is 0 Å². The Kier molecular flexibility index (Phi) is 4.99. The van der Waals surface area contributed by atoms with E-state index in [1.807, 2.05) is 0 Å². The van der Waals surface area contributed by atoms with Crippen LogP contribution in [0.5, 0.6) is 0 Å². The van der Waals surface area contributed by atoms with E-state index in [2.05, 4.69) is 27.7 Å². The van der Waals surface area contributed by atoms with Crippen molar-refractivity contribution in [1.29, 1.82) is 0 Å². The zero-order chi connectivity index (χ0) is 8.86. The van der Waals surface area contributed by atoms with Crippen LogP contribution in [0.25, 0.3) is 0 Å². The van der Waals surface area contributed by atoms with E-state index in [-0.39, 0.29) is 0 Å². The first-order chi connectivity index (χ1) is 5.83. The predicted octanol–water partition coefficient (Wildman–Crippen LogP) is 2.93. The summed E-state index contributed by atoms with van der Waals surface area (Å²) in [5.74, 6) is 2.59. The Labute approximate surface area is 87.8 Å². The molecule has 0 unspecified atom stereocenters. The molecule has 0 radical (unpaired) electrons. The van der Waals surface area contributed by atoms with Crippen LogP contribution in [0.4, 0.5) is 0 Å². The van der Waals surface area contributed by atoms with Crippen molar-refractivity contribution < 1.29 is 4.74 Å². The van der Waals surface area contributed by atoms with Crippen LogP contribution in [0.3, 0.4) is 0 Å². The fourth-order valence-corrected chi connectivity index (χ4v) is 3.40. The molecule has 1 nitrogen and oxygen atoms in total. The molecule has 1 fully saturated rings. The third-order valence-electron chi connectivity index (χ3n) is 2.29. The van der Waals surface area contributed by atoms with Crippen LogP contribution in [0.1, 0.15) is 19.3 Å². The van der Waals surface area contributed by atoms with Gasteiger partial charge in [0, 0.05) is 19.0 Å². The number of hydrogen-bond acceptors (Lipinski definition) is 2. The smallest absolute Gasteiger partial charge is 0.0470 e. The van der Waals surface area contributed by atoms with Gasteiger partial charge in [0.05, 0.1) is 0 Å². The lowest BCUT2D eigenvalue weighted by Gasteiger charge is -2.09. The highest BCUT2D eigenvalue weighted by Crippen LogP contribution is 2.49. The second kappa shape index (κ2) is 5.51. The number of ether oxygens (including phenoxy) is 1. The highest BCUT2D eigenvalue weighted by Gasteiger charge is 2.40. The molecule has 0 saturated heterocycles. The van der Waals surface area contributed by atoms with Crippen LogP contribution >= 0.6 is 27.7 Å². The molecule has 0 aromatic heterocycles. The van der Waals surface area contributed by atoms with E-state index in [9.17, 15) is 0 Å². The van der Waals surface area contributed by atoms with Crippen molar-refractivity contribution in [3.63, 3.8) is 0 Å². The van der Waals surface area contributed by atoms with Crippen LogP contribution < -0.4 is 0 Å². The maximum Gasteiger partial charge on any atom is 0.0470 e. The summed E-state index contributed by atoms with van der Waals surface area (Å²) in [6.45, 7) is 0.911. The summed E-state index contributed by atoms with van der Waals surface area (Å²) in [7, 11) is 1.77. The first-order valence-electron chi connectivity index (χ1n) is 4.46. The van der Waals surface area contributed by atoms with Gasteiger partial charge < -0.3 is 4.74 Å². The van der Waals surface area contributed by atoms with E-state index in [1.54, 1.807) is 7.11 Å². The molecule has 0 aliphatic heterocycles. The number of methoxy groups -OCH3 is 1. The largest absolute Gasteiger partial charge is 0.385 e. The van der Waals surface area contributed by atoms with Crippen LogP contribution in [-0.2, 0) is 4.74 Å². The van der Waals surface area contributed by atoms with E-state index in [0.717, 1.165) is 6.61 Å². The maximum absolute atomic E-state index is 4.99. The van der Waals surface area contributed by atoms with Crippen molar-refractivity contribution in [3.8, 4) is 0 Å². The Morgan fingerprint density at radius 3 is 2.75 bits per heavy atom. The minimum Gasteiger partial charge on any atom is -0.385 e. The molecule has 1 aliphatic rings. The molecular weight excluding hydrogens is 236 g/mol. The average Bonchev–Trinajstić information content (AvgIpc) is 2.85. The Balaban J connectivity index is 1.89. The highest BCUT2D eigenvalue weighted by atomic mass is 79.9. The fourth-order valence-electron chi connectivity index (χ4n) is 1.09. The van der Waals surface area contributed by atoms with E-state index in [0.29, 0.717) is 5.41 Å². The van der Waals surface area contributed by atoms with Crippen LogP contribution in [0.2, 0.25) is 0 Å². The third kappa shape index (κ3) is 3.67. The minimum atomic E-state index is 0.678. The van der Waals surface area contributed by atoms with Crippen molar-refractivity contribution in [2.24, 2.45) is 5.41 Å². The SMILES string of the molecule is COCCCSCC1(CBr)CC1. The molecule has 0 spiro atoms. The van der Waals surface area contributed by atoms with Crippen molar-refractivity contribution in [1.82, 2.24) is 0 Å². The van der Waals surface area contributed by atoms with Gasteiger partial charge >= 0.3 is 0 Å². The van der Waals surface area contributed by atoms with Crippen molar-refractivity contribution in [3.05, 3.63) is 0 Å². The molecule has 0 aromatic rings. The quantitative estimate of drug-likeness (QED) is 0.509. The summed E-state index contributed by atoms with van der Waals surface area (Å²) in [5.41, 5.74) is 0.678. The van der Waals surface area contributed by atoms with Crippen LogP contribution in [-0.4, -0.2) is 30.6 Å². The Morgan fingerprint density at radius 1 is 1.50 bits per heavy atom. The zero-order valence-corrected chi connectivity index (χ0v) is 10.0. The van der Waals surface area contributed by atoms with Gasteiger partial charge in [0.1, 0.15) is 0 Å². The molecule has 1 saturated carbocycles. The number of hydrogen-bond donors (Lipinski definition) is 0. The molecule has 0 atom stereocenters. The third-order valence-corrected chi connectivity index (χ3v) is 4.87. The topological polar surface area (TPSA) is 9.23 Å². The van der Waals surface area contributed by atoms with Crippen LogP contribution in [0.15, 0.2) is 0 Å². The molecule has 1 aliphatic carbocycles. The van der Waals surface area contributed by atoms with Crippen molar-refractivity contribution in [2.75, 3.05) is 30.6 Å². The Morgan fingerprint density at radius 2 is 2.25 bits per heavy atom. The second-order valence-corrected chi connectivity index (χ2v) is 5.20. The van der Waals surface area contributed by atoms with Crippen LogP contribution in [0, 0.1) is 5.41 Å². The highest BCUT2D eigenvalue weighted by molar-refractivity contribution is 9.09. The molecule has 12 heavy (non-hydrogen) atoms. The fraction of sp³-hybridized carbons (Fsp3) is 1.00. The van der Waals surface area contributed by atoms with E-state index in [4.69, 9.17) is 4.74 Å². The molecule has 3 heteroatoms. The van der Waals surface area contributed by atoms with Gasteiger partial charge in [-0.05, 0) is 36.2 Å². The summed E-state index contributed by atoms with van der Waals surface area (Å²) in [6, 6.07) is 0. The molecule has 0 amide bonds. The summed E-state index contributed by atoms with van der Waals surface area (Å²) >= 11 is 5.66. The number of rotatable bonds is 7. The molecule has 1 rings (SSSR count). The lowest BCUT2D eigenvalue weighted by Crippen LogP contribution is -2.06. The van der Waals surface area contributed by atoms with Gasteiger partial charge in [-0.1, -0.05) is 15.9 Å². The monoisotopic (exact) mass is 252 g/mol. The first kappa shape index (κ1) is 10.9. The first-order valence-corrected chi connectivity index (χ1v) is 6.73. The zero-order valence-electron chi connectivity index (χ0n) is 7.64. The number of halogens is 1. The van der Waals surface area contributed by atoms with Gasteiger partial charge in [-0.15, -0.1) is 0 Å². The predicted molar refractivity (Wildman–Crippen MR) is 59.3 cm³/mol. The van der Waals surface area contributed by atoms with Crippen molar-refractivity contribution in [2.45, 2.75) is 19.3 Å². The lowest BCUT2D eigenvalue weighted by molar-refractivity contribution is 0.200. The molecule has 72 valence electrons. The Hall–Kier alpha value is 0.790. The lowest BCUT2D eigenvalue weighted by atomic mass is 10.2. The summed E-state index contributed by atoms with van der Waals surface area (Å²) in [5, 5.41) is 1.19. The molecule has 0 heterocycles. The maximum atomic E-state index is 4.99. The van der Waals surface area contributed by atoms with Gasteiger partial charge in [-0.2, -0.15) is 11.8 Å². The minimum absolute atomic E-state index is 0.678. The van der Waals surface area contributed by atoms with Gasteiger partial charge in [0.2, 0.25) is 0 Å². The Bertz CT molecular complexity index is 126. The summed E-state index contributed by atoms with van der Waals surface area (Å²) < 4.78 is 4.99. The van der Waals surface area contributed by atoms with Gasteiger partial charge in [-0.25, -0.2) is 0 Å². The molecular formula is C9H17BrOS. The summed E-state index contributed by atoms with van der Waals surface area (Å²) in [6.07, 6.45) is 4.05. The number of thioether (sulfide) groups is 1. The molecule has 0 bridgehead atoms. The standard InChI is InChI=1S/C9H17BrOS/c1-11-5-2-6-12-8-9(7-10)3-4-9/h2-8H2,1H3. The van der Waals surface area contributed by atoms with E-state index in [1.165, 1.54) is 36.1 Å². The second-order valence-electron chi connectivity index (χ2n) is 3.53.